The largest absolute Gasteiger partial charge is 0.418 e. The number of nitrogens with zero attached hydrogens (tertiary/aromatic N) is 2. The van der Waals surface area contributed by atoms with Crippen LogP contribution in [0.25, 0.3) is 0 Å². The van der Waals surface area contributed by atoms with Crippen LogP contribution in [0.15, 0.2) is 0 Å². The van der Waals surface area contributed by atoms with Gasteiger partial charge in [-0.3, -0.25) is 14.7 Å². The second kappa shape index (κ2) is 6.26. The third kappa shape index (κ3) is 4.93. The molecule has 2 fully saturated rings. The molecule has 0 spiro atoms. The van der Waals surface area contributed by atoms with Crippen LogP contribution in [-0.4, -0.2) is 73.8 Å². The van der Waals surface area contributed by atoms with Gasteiger partial charge in [-0.1, -0.05) is 0 Å². The number of nitrogens with one attached hydrogen (secondary N) is 2. The average molecular weight is 410 g/mol. The highest BCUT2D eigenvalue weighted by atomic mass is 32.3. The monoisotopic (exact) mass is 410 g/mol. The van der Waals surface area contributed by atoms with Crippen molar-refractivity contribution < 1.29 is 43.6 Å². The zero-order chi connectivity index (χ0) is 19.2. The standard InChI is InChI=1S/C9H13F3N4O7S2/c10-9(11,12)4-24(18,19)14-7(13)6-2-1-5-3-15(6)8(17)16(5)23-25(20,21)22/h5-6H,1-4H2,(H2,13,14)(H,20,21,22). The first-order chi connectivity index (χ1) is 11.2. The number of piperidine rings is 1. The molecule has 0 aromatic heterocycles. The first kappa shape index (κ1) is 19.7. The van der Waals surface area contributed by atoms with Crippen molar-refractivity contribution in [2.75, 3.05) is 12.3 Å². The number of hydroxylamine groups is 2. The number of urea groups is 1. The van der Waals surface area contributed by atoms with Gasteiger partial charge in [0.25, 0.3) is 0 Å². The number of amides is 2. The zero-order valence-corrected chi connectivity index (χ0v) is 13.9. The van der Waals surface area contributed by atoms with Gasteiger partial charge in [0, 0.05) is 6.54 Å². The number of hydrogen-bond acceptors (Lipinski definition) is 7. The molecule has 0 aliphatic carbocycles. The van der Waals surface area contributed by atoms with E-state index >= 15 is 0 Å². The molecular weight excluding hydrogens is 397 g/mol. The van der Waals surface area contributed by atoms with Gasteiger partial charge in [-0.15, -0.1) is 4.28 Å². The van der Waals surface area contributed by atoms with Gasteiger partial charge in [-0.05, 0) is 12.8 Å². The van der Waals surface area contributed by atoms with Crippen LogP contribution >= 0.6 is 0 Å². The molecule has 2 bridgehead atoms. The minimum atomic E-state index is -5.01. The summed E-state index contributed by atoms with van der Waals surface area (Å²) in [4.78, 5) is 12.9. The molecule has 2 saturated heterocycles. The fourth-order valence-corrected chi connectivity index (χ4v) is 3.98. The Bertz CT molecular complexity index is 782. The van der Waals surface area contributed by atoms with Gasteiger partial charge in [-0.25, -0.2) is 13.2 Å². The molecule has 0 radical (unpaired) electrons. The maximum atomic E-state index is 12.2. The number of sulfonamides is 1. The number of hydrogen-bond donors (Lipinski definition) is 3. The quantitative estimate of drug-likeness (QED) is 0.312. The van der Waals surface area contributed by atoms with Crippen LogP contribution in [0.4, 0.5) is 18.0 Å². The predicted octanol–water partition coefficient (Wildman–Crippen LogP) is -0.552. The number of amidine groups is 1. The van der Waals surface area contributed by atoms with Crippen molar-refractivity contribution in [1.82, 2.24) is 14.7 Å². The Morgan fingerprint density at radius 2 is 1.92 bits per heavy atom. The Labute approximate surface area is 140 Å². The summed E-state index contributed by atoms with van der Waals surface area (Å²) in [6.07, 6.45) is -4.95. The Morgan fingerprint density at radius 1 is 1.32 bits per heavy atom. The average Bonchev–Trinajstić information content (AvgIpc) is 2.59. The molecule has 3 N–H and O–H groups in total. The second-order valence-electron chi connectivity index (χ2n) is 5.40. The molecule has 2 aliphatic heterocycles. The number of rotatable bonds is 5. The van der Waals surface area contributed by atoms with E-state index in [0.717, 1.165) is 4.90 Å². The first-order valence-corrected chi connectivity index (χ1v) is 9.63. The van der Waals surface area contributed by atoms with Crippen LogP contribution in [0.5, 0.6) is 0 Å². The van der Waals surface area contributed by atoms with Crippen LogP contribution in [0.3, 0.4) is 0 Å². The highest BCUT2D eigenvalue weighted by molar-refractivity contribution is 7.90. The van der Waals surface area contributed by atoms with Gasteiger partial charge in [-0.2, -0.15) is 26.7 Å². The van der Waals surface area contributed by atoms with E-state index in [9.17, 15) is 34.8 Å². The van der Waals surface area contributed by atoms with E-state index in [1.165, 1.54) is 4.72 Å². The van der Waals surface area contributed by atoms with Crippen LogP contribution in [-0.2, 0) is 24.7 Å². The first-order valence-electron chi connectivity index (χ1n) is 6.61. The molecule has 2 rings (SSSR count). The number of carbonyl (C=O) groups is 1. The summed E-state index contributed by atoms with van der Waals surface area (Å²) in [6, 6.07) is -3.04. The maximum Gasteiger partial charge on any atom is 0.418 e. The van der Waals surface area contributed by atoms with E-state index in [-0.39, 0.29) is 19.4 Å². The van der Waals surface area contributed by atoms with E-state index < -0.39 is 56.3 Å². The van der Waals surface area contributed by atoms with Crippen molar-refractivity contribution in [2.24, 2.45) is 0 Å². The normalized spacial score (nSPS) is 24.6. The summed E-state index contributed by atoms with van der Waals surface area (Å²) in [6.45, 7) is -0.150. The van der Waals surface area contributed by atoms with Crippen molar-refractivity contribution in [3.8, 4) is 0 Å². The molecule has 144 valence electrons. The summed E-state index contributed by atoms with van der Waals surface area (Å²) in [5.74, 6) is -3.05. The summed E-state index contributed by atoms with van der Waals surface area (Å²) in [5.41, 5.74) is 0. The third-order valence-corrected chi connectivity index (χ3v) is 5.04. The molecule has 16 heteroatoms. The highest BCUT2D eigenvalue weighted by Crippen LogP contribution is 2.31. The predicted molar refractivity (Wildman–Crippen MR) is 74.1 cm³/mol. The van der Waals surface area contributed by atoms with E-state index in [2.05, 4.69) is 4.28 Å². The lowest BCUT2D eigenvalue weighted by Crippen LogP contribution is -2.51. The number of halogens is 3. The fraction of sp³-hybridized carbons (Fsp3) is 0.778. The molecular formula is C9H13F3N4O7S2. The van der Waals surface area contributed by atoms with E-state index in [1.807, 2.05) is 0 Å². The topological polar surface area (TPSA) is 157 Å². The van der Waals surface area contributed by atoms with Gasteiger partial charge in [0.1, 0.15) is 5.84 Å². The zero-order valence-electron chi connectivity index (χ0n) is 12.2. The summed E-state index contributed by atoms with van der Waals surface area (Å²) in [5, 5.41) is 8.02. The molecule has 11 nitrogen and oxygen atoms in total. The minimum Gasteiger partial charge on any atom is -0.310 e. The number of fused-ring (bicyclic) bond motifs is 2. The molecule has 25 heavy (non-hydrogen) atoms. The molecule has 2 aliphatic rings. The van der Waals surface area contributed by atoms with Crippen LogP contribution in [0.1, 0.15) is 12.8 Å². The van der Waals surface area contributed by atoms with Gasteiger partial charge >= 0.3 is 22.6 Å². The van der Waals surface area contributed by atoms with E-state index in [0.29, 0.717) is 5.06 Å². The van der Waals surface area contributed by atoms with Gasteiger partial charge in [0.05, 0.1) is 12.1 Å². The second-order valence-corrected chi connectivity index (χ2v) is 8.13. The summed E-state index contributed by atoms with van der Waals surface area (Å²) >= 11 is 0. The van der Waals surface area contributed by atoms with Crippen molar-refractivity contribution in [1.29, 1.82) is 5.41 Å². The van der Waals surface area contributed by atoms with Crippen molar-refractivity contribution in [3.05, 3.63) is 0 Å². The Balaban J connectivity index is 2.10. The summed E-state index contributed by atoms with van der Waals surface area (Å²) < 4.78 is 95.2. The Hall–Kier alpha value is -1.65. The van der Waals surface area contributed by atoms with Gasteiger partial charge in [0.2, 0.25) is 10.0 Å². The Kier molecular flexibility index (Phi) is 4.92. The van der Waals surface area contributed by atoms with Gasteiger partial charge < -0.3 is 4.90 Å². The number of alkyl halides is 3. The Morgan fingerprint density at radius 3 is 2.44 bits per heavy atom. The lowest BCUT2D eigenvalue weighted by atomic mass is 10.0. The fourth-order valence-electron chi connectivity index (χ4n) is 2.62. The number of carbonyl (C=O) groups excluding carboxylic acids is 1. The van der Waals surface area contributed by atoms with Gasteiger partial charge in [0.15, 0.2) is 5.75 Å². The highest BCUT2D eigenvalue weighted by Gasteiger charge is 2.49. The lowest BCUT2D eigenvalue weighted by Gasteiger charge is -2.30. The van der Waals surface area contributed by atoms with E-state index in [1.54, 1.807) is 0 Å². The van der Waals surface area contributed by atoms with Crippen molar-refractivity contribution in [2.45, 2.75) is 31.1 Å². The SMILES string of the molecule is N=C(NS(=O)(=O)CC(F)(F)F)C1CCC2CN1C(=O)N2OS(=O)(=O)O. The minimum absolute atomic E-state index is 0.0187. The van der Waals surface area contributed by atoms with Crippen LogP contribution in [0.2, 0.25) is 0 Å². The molecule has 2 atom stereocenters. The third-order valence-electron chi connectivity index (χ3n) is 3.45. The van der Waals surface area contributed by atoms with E-state index in [4.69, 9.17) is 9.96 Å². The molecule has 0 aromatic rings. The molecule has 2 heterocycles. The smallest absolute Gasteiger partial charge is 0.310 e. The van der Waals surface area contributed by atoms with Crippen LogP contribution in [0, 0.1) is 5.41 Å². The molecule has 2 unspecified atom stereocenters. The molecule has 2 amide bonds. The maximum absolute atomic E-state index is 12.2. The lowest BCUT2D eigenvalue weighted by molar-refractivity contribution is -0.106. The van der Waals surface area contributed by atoms with Crippen LogP contribution < -0.4 is 4.72 Å². The molecule has 0 saturated carbocycles. The van der Waals surface area contributed by atoms with Crippen molar-refractivity contribution in [3.63, 3.8) is 0 Å². The van der Waals surface area contributed by atoms with Crippen molar-refractivity contribution >= 4 is 32.3 Å². The summed E-state index contributed by atoms with van der Waals surface area (Å²) in [7, 11) is -9.86. The molecule has 0 aromatic carbocycles.